The molecule has 0 aliphatic carbocycles. The van der Waals surface area contributed by atoms with E-state index in [1.807, 2.05) is 39.5 Å². The molecule has 3 amide bonds. The molecular weight excluding hydrogens is 438 g/mol. The highest BCUT2D eigenvalue weighted by atomic mass is 35.5. The molecule has 1 aliphatic heterocycles. The van der Waals surface area contributed by atoms with Crippen molar-refractivity contribution in [3.8, 4) is 12.3 Å². The van der Waals surface area contributed by atoms with Gasteiger partial charge in [0.25, 0.3) is 0 Å². The maximum Gasteiger partial charge on any atom is 0.245 e. The van der Waals surface area contributed by atoms with Gasteiger partial charge in [-0.1, -0.05) is 43.9 Å². The summed E-state index contributed by atoms with van der Waals surface area (Å²) in [5.74, 6) is 1.38. The van der Waals surface area contributed by atoms with Gasteiger partial charge in [-0.3, -0.25) is 14.4 Å². The van der Waals surface area contributed by atoms with Crippen molar-refractivity contribution in [1.82, 2.24) is 15.5 Å². The van der Waals surface area contributed by atoms with E-state index in [0.717, 1.165) is 32.4 Å². The second-order valence-corrected chi connectivity index (χ2v) is 10.0. The summed E-state index contributed by atoms with van der Waals surface area (Å²) in [5.41, 5.74) is -0.476. The van der Waals surface area contributed by atoms with Gasteiger partial charge < -0.3 is 15.5 Å². The predicted molar refractivity (Wildman–Crippen MR) is 134 cm³/mol. The Kier molecular flexibility index (Phi) is 12.3. The van der Waals surface area contributed by atoms with Crippen molar-refractivity contribution in [3.05, 3.63) is 23.3 Å². The van der Waals surface area contributed by atoms with Crippen LogP contribution in [0.2, 0.25) is 0 Å². The molecule has 1 aliphatic rings. The van der Waals surface area contributed by atoms with Crippen molar-refractivity contribution in [2.24, 2.45) is 11.8 Å². The largest absolute Gasteiger partial charge is 0.350 e. The normalized spacial score (nSPS) is 16.5. The third kappa shape index (κ3) is 10.5. The quantitative estimate of drug-likeness (QED) is 0.252. The van der Waals surface area contributed by atoms with Crippen LogP contribution in [0.3, 0.4) is 0 Å². The van der Waals surface area contributed by atoms with Crippen LogP contribution in [0, 0.1) is 24.2 Å². The minimum Gasteiger partial charge on any atom is -0.350 e. The van der Waals surface area contributed by atoms with Gasteiger partial charge in [-0.05, 0) is 64.5 Å². The molecule has 184 valence electrons. The van der Waals surface area contributed by atoms with E-state index in [1.54, 1.807) is 18.2 Å². The van der Waals surface area contributed by atoms with Gasteiger partial charge in [0, 0.05) is 30.1 Å². The molecule has 0 aromatic rings. The number of terminal acetylenes is 1. The van der Waals surface area contributed by atoms with Gasteiger partial charge in [-0.25, -0.2) is 0 Å². The summed E-state index contributed by atoms with van der Waals surface area (Å²) in [6.45, 7) is 11.1. The second kappa shape index (κ2) is 14.1. The third-order valence-electron chi connectivity index (χ3n) is 5.70. The van der Waals surface area contributed by atoms with E-state index in [4.69, 9.17) is 18.0 Å². The van der Waals surface area contributed by atoms with E-state index in [-0.39, 0.29) is 23.6 Å². The van der Waals surface area contributed by atoms with Crippen molar-refractivity contribution in [2.45, 2.75) is 84.7 Å². The summed E-state index contributed by atoms with van der Waals surface area (Å²) in [7, 11) is 0. The van der Waals surface area contributed by atoms with Crippen molar-refractivity contribution in [3.63, 3.8) is 0 Å². The van der Waals surface area contributed by atoms with Crippen molar-refractivity contribution < 1.29 is 14.4 Å². The molecule has 0 spiro atoms. The number of amides is 3. The summed E-state index contributed by atoms with van der Waals surface area (Å²) >= 11 is 6.05. The SMILES string of the molecule is C#CC(/C=C(Cl)\C=C/C)C(=O)NC(C)(C)CCCCC(=O)NC(C(=O)N1CCCC1)C(C)C. The number of hydrogen-bond donors (Lipinski definition) is 2. The third-order valence-corrected chi connectivity index (χ3v) is 5.95. The average molecular weight is 478 g/mol. The summed E-state index contributed by atoms with van der Waals surface area (Å²) in [5, 5.41) is 6.32. The highest BCUT2D eigenvalue weighted by Gasteiger charge is 2.30. The molecule has 1 heterocycles. The number of rotatable bonds is 12. The lowest BCUT2D eigenvalue weighted by Gasteiger charge is -2.28. The number of likely N-dealkylation sites (tertiary alicyclic amines) is 1. The summed E-state index contributed by atoms with van der Waals surface area (Å²) in [4.78, 5) is 39.6. The molecule has 1 fully saturated rings. The van der Waals surface area contributed by atoms with Crippen LogP contribution in [0.1, 0.15) is 73.1 Å². The molecule has 0 bridgehead atoms. The van der Waals surface area contributed by atoms with Crippen LogP contribution in [0.15, 0.2) is 23.3 Å². The van der Waals surface area contributed by atoms with E-state index < -0.39 is 17.5 Å². The number of allylic oxidation sites excluding steroid dienone is 3. The Morgan fingerprint density at radius 2 is 1.82 bits per heavy atom. The Labute approximate surface area is 204 Å². The smallest absolute Gasteiger partial charge is 0.245 e. The van der Waals surface area contributed by atoms with Gasteiger partial charge in [-0.15, -0.1) is 6.42 Å². The number of nitrogens with zero attached hydrogens (tertiary/aromatic N) is 1. The molecular formula is C26H40ClN3O3. The Morgan fingerprint density at radius 3 is 2.36 bits per heavy atom. The van der Waals surface area contributed by atoms with Crippen molar-refractivity contribution >= 4 is 29.3 Å². The fourth-order valence-corrected chi connectivity index (χ4v) is 4.05. The van der Waals surface area contributed by atoms with Crippen LogP contribution in [0.25, 0.3) is 0 Å². The number of hydrogen-bond acceptors (Lipinski definition) is 3. The Bertz CT molecular complexity index is 774. The standard InChI is InChI=1S/C26H40ClN3O3/c1-7-13-21(27)18-20(8-2)24(32)29-26(5,6)15-10-9-14-22(31)28-23(19(3)4)25(33)30-16-11-12-17-30/h2,7,13,18-20,23H,9-12,14-17H2,1,3-6H3,(H,28,31)(H,29,32)/b13-7-,21-18+. The number of halogens is 1. The second-order valence-electron chi connectivity index (χ2n) is 9.60. The lowest BCUT2D eigenvalue weighted by Crippen LogP contribution is -2.50. The van der Waals surface area contributed by atoms with Gasteiger partial charge in [0.15, 0.2) is 0 Å². The Balaban J connectivity index is 2.48. The first-order valence-corrected chi connectivity index (χ1v) is 12.2. The fraction of sp³-hybridized carbons (Fsp3) is 0.654. The van der Waals surface area contributed by atoms with Gasteiger partial charge in [-0.2, -0.15) is 0 Å². The zero-order valence-electron chi connectivity index (χ0n) is 20.7. The lowest BCUT2D eigenvalue weighted by molar-refractivity contribution is -0.136. The summed E-state index contributed by atoms with van der Waals surface area (Å²) < 4.78 is 0. The highest BCUT2D eigenvalue weighted by molar-refractivity contribution is 6.31. The molecule has 33 heavy (non-hydrogen) atoms. The van der Waals surface area contributed by atoms with E-state index in [0.29, 0.717) is 24.3 Å². The van der Waals surface area contributed by atoms with Crippen molar-refractivity contribution in [1.29, 1.82) is 0 Å². The van der Waals surface area contributed by atoms with Crippen LogP contribution in [0.5, 0.6) is 0 Å². The molecule has 7 heteroatoms. The average Bonchev–Trinajstić information content (AvgIpc) is 3.27. The van der Waals surface area contributed by atoms with Gasteiger partial charge in [0.2, 0.25) is 17.7 Å². The number of carbonyl (C=O) groups excluding carboxylic acids is 3. The minimum absolute atomic E-state index is 0.0198. The first-order valence-electron chi connectivity index (χ1n) is 11.9. The maximum atomic E-state index is 12.7. The summed E-state index contributed by atoms with van der Waals surface area (Å²) in [6, 6.07) is -0.477. The first-order chi connectivity index (χ1) is 15.5. The number of nitrogens with one attached hydrogen (secondary N) is 2. The molecule has 1 rings (SSSR count). The highest BCUT2D eigenvalue weighted by Crippen LogP contribution is 2.17. The van der Waals surface area contributed by atoms with Crippen molar-refractivity contribution in [2.75, 3.05) is 13.1 Å². The molecule has 0 radical (unpaired) electrons. The van der Waals surface area contributed by atoms with Gasteiger partial charge in [0.05, 0.1) is 0 Å². The van der Waals surface area contributed by atoms with E-state index in [9.17, 15) is 14.4 Å². The predicted octanol–water partition coefficient (Wildman–Crippen LogP) is 4.15. The Morgan fingerprint density at radius 1 is 1.18 bits per heavy atom. The van der Waals surface area contributed by atoms with E-state index in [1.165, 1.54) is 0 Å². The maximum absolute atomic E-state index is 12.7. The molecule has 0 aromatic heterocycles. The lowest BCUT2D eigenvalue weighted by atomic mass is 9.95. The molecule has 0 aromatic carbocycles. The van der Waals surface area contributed by atoms with Gasteiger partial charge in [0.1, 0.15) is 12.0 Å². The zero-order chi connectivity index (χ0) is 25.0. The van der Waals surface area contributed by atoms with Crippen LogP contribution in [-0.2, 0) is 14.4 Å². The molecule has 1 saturated heterocycles. The van der Waals surface area contributed by atoms with E-state index in [2.05, 4.69) is 16.6 Å². The van der Waals surface area contributed by atoms with Crippen LogP contribution in [0.4, 0.5) is 0 Å². The molecule has 2 unspecified atom stereocenters. The number of unbranched alkanes of at least 4 members (excludes halogenated alkanes) is 1. The van der Waals surface area contributed by atoms with E-state index >= 15 is 0 Å². The molecule has 6 nitrogen and oxygen atoms in total. The molecule has 2 atom stereocenters. The Hall–Kier alpha value is -2.26. The van der Waals surface area contributed by atoms with Crippen LogP contribution >= 0.6 is 11.6 Å². The minimum atomic E-state index is -0.750. The van der Waals surface area contributed by atoms with Gasteiger partial charge >= 0.3 is 0 Å². The van der Waals surface area contributed by atoms with Crippen LogP contribution < -0.4 is 10.6 Å². The first kappa shape index (κ1) is 28.8. The monoisotopic (exact) mass is 477 g/mol. The molecule has 0 saturated carbocycles. The van der Waals surface area contributed by atoms with Crippen LogP contribution in [-0.4, -0.2) is 47.3 Å². The molecule has 2 N–H and O–H groups in total. The topological polar surface area (TPSA) is 78.5 Å². The fourth-order valence-electron chi connectivity index (χ4n) is 3.79. The number of carbonyl (C=O) groups is 3. The summed E-state index contributed by atoms with van der Waals surface area (Å²) in [6.07, 6.45) is 15.0. The zero-order valence-corrected chi connectivity index (χ0v) is 21.5.